The van der Waals surface area contributed by atoms with E-state index in [2.05, 4.69) is 10.3 Å². The standard InChI is InChI=1S/C30H29ClFN5O2S/c1-30(2,3)28-26-27(22-9-4-5-10-23(22)32)40-18-25(39)36(17-24(38)34-16-19-11-13-33-14-12-19)29(26)37(35-28)21-8-6-7-20(31)15-21/h4-15,27H,16-18H2,1-3H3,(H,34,38)/t27-/m0/s1. The highest BCUT2D eigenvalue weighted by atomic mass is 35.5. The number of aromatic nitrogens is 3. The summed E-state index contributed by atoms with van der Waals surface area (Å²) in [7, 11) is 0. The molecule has 1 aliphatic heterocycles. The van der Waals surface area contributed by atoms with Crippen molar-refractivity contribution in [2.24, 2.45) is 0 Å². The summed E-state index contributed by atoms with van der Waals surface area (Å²) in [6, 6.07) is 17.4. The highest BCUT2D eigenvalue weighted by Gasteiger charge is 2.40. The minimum atomic E-state index is -0.521. The number of hydrogen-bond donors (Lipinski definition) is 1. The molecule has 3 heterocycles. The van der Waals surface area contributed by atoms with Gasteiger partial charge in [-0.25, -0.2) is 9.07 Å². The van der Waals surface area contributed by atoms with E-state index in [-0.39, 0.29) is 29.9 Å². The SMILES string of the molecule is CC(C)(C)c1nn(-c2cccc(Cl)c2)c2c1[C@H](c1ccccc1F)SCC(=O)N2CC(=O)NCc1ccncc1. The Morgan fingerprint density at radius 3 is 2.58 bits per heavy atom. The van der Waals surface area contributed by atoms with Crippen molar-refractivity contribution in [2.45, 2.75) is 38.0 Å². The van der Waals surface area contributed by atoms with E-state index >= 15 is 4.39 Å². The van der Waals surface area contributed by atoms with Crippen molar-refractivity contribution in [1.29, 1.82) is 0 Å². The van der Waals surface area contributed by atoms with Gasteiger partial charge in [-0.15, -0.1) is 11.8 Å². The summed E-state index contributed by atoms with van der Waals surface area (Å²) in [6.45, 7) is 6.15. The first-order valence-corrected chi connectivity index (χ1v) is 14.3. The van der Waals surface area contributed by atoms with Gasteiger partial charge in [-0.05, 0) is 42.0 Å². The van der Waals surface area contributed by atoms with E-state index in [0.717, 1.165) is 5.56 Å². The van der Waals surface area contributed by atoms with E-state index in [9.17, 15) is 9.59 Å². The summed E-state index contributed by atoms with van der Waals surface area (Å²) in [6.07, 6.45) is 3.31. The number of thioether (sulfide) groups is 1. The molecule has 0 fully saturated rings. The summed E-state index contributed by atoms with van der Waals surface area (Å²) in [4.78, 5) is 32.4. The van der Waals surface area contributed by atoms with Crippen LogP contribution < -0.4 is 10.2 Å². The van der Waals surface area contributed by atoms with Crippen molar-refractivity contribution in [2.75, 3.05) is 17.2 Å². The van der Waals surface area contributed by atoms with Gasteiger partial charge in [0.05, 0.1) is 22.4 Å². The molecule has 0 saturated heterocycles. The molecular formula is C30H29ClFN5O2S. The van der Waals surface area contributed by atoms with Gasteiger partial charge in [0.25, 0.3) is 0 Å². The van der Waals surface area contributed by atoms with Crippen LogP contribution in [-0.4, -0.2) is 38.9 Å². The summed E-state index contributed by atoms with van der Waals surface area (Å²) < 4.78 is 16.9. The summed E-state index contributed by atoms with van der Waals surface area (Å²) >= 11 is 7.69. The highest BCUT2D eigenvalue weighted by molar-refractivity contribution is 8.00. The van der Waals surface area contributed by atoms with Gasteiger partial charge in [0.2, 0.25) is 11.8 Å². The fourth-order valence-corrected chi connectivity index (χ4v) is 6.10. The van der Waals surface area contributed by atoms with Crippen molar-refractivity contribution >= 4 is 41.0 Å². The number of carbonyl (C=O) groups excluding carboxylic acids is 2. The molecule has 206 valence electrons. The molecule has 0 unspecified atom stereocenters. The maximum Gasteiger partial charge on any atom is 0.240 e. The van der Waals surface area contributed by atoms with Crippen molar-refractivity contribution in [3.05, 3.63) is 106 Å². The zero-order chi connectivity index (χ0) is 28.4. The minimum Gasteiger partial charge on any atom is -0.350 e. The topological polar surface area (TPSA) is 80.1 Å². The zero-order valence-electron chi connectivity index (χ0n) is 22.4. The second kappa shape index (κ2) is 11.4. The summed E-state index contributed by atoms with van der Waals surface area (Å²) in [5.41, 5.74) is 2.94. The molecule has 0 spiro atoms. The second-order valence-electron chi connectivity index (χ2n) is 10.6. The number of pyridine rings is 1. The maximum atomic E-state index is 15.3. The Kier molecular flexibility index (Phi) is 7.96. The number of amides is 2. The Morgan fingerprint density at radius 1 is 1.12 bits per heavy atom. The van der Waals surface area contributed by atoms with Crippen molar-refractivity contribution in [3.63, 3.8) is 0 Å². The molecule has 0 bridgehead atoms. The lowest BCUT2D eigenvalue weighted by molar-refractivity contribution is -0.123. The smallest absolute Gasteiger partial charge is 0.240 e. The van der Waals surface area contributed by atoms with E-state index < -0.39 is 10.7 Å². The molecule has 0 radical (unpaired) electrons. The predicted molar refractivity (Wildman–Crippen MR) is 156 cm³/mol. The maximum absolute atomic E-state index is 15.3. The number of nitrogens with one attached hydrogen (secondary N) is 1. The quantitative estimate of drug-likeness (QED) is 0.311. The molecule has 0 saturated carbocycles. The Morgan fingerprint density at radius 2 is 1.88 bits per heavy atom. The molecule has 2 aromatic carbocycles. The monoisotopic (exact) mass is 577 g/mol. The van der Waals surface area contributed by atoms with Crippen molar-refractivity contribution < 1.29 is 14.0 Å². The molecule has 2 aromatic heterocycles. The van der Waals surface area contributed by atoms with Crippen LogP contribution >= 0.6 is 23.4 Å². The number of carbonyl (C=O) groups is 2. The molecule has 7 nitrogen and oxygen atoms in total. The van der Waals surface area contributed by atoms with Crippen LogP contribution in [0, 0.1) is 5.82 Å². The van der Waals surface area contributed by atoms with Crippen LogP contribution in [0.25, 0.3) is 5.69 Å². The predicted octanol–water partition coefficient (Wildman–Crippen LogP) is 5.84. The number of nitrogens with zero attached hydrogens (tertiary/aromatic N) is 4. The number of anilines is 1. The van der Waals surface area contributed by atoms with Gasteiger partial charge < -0.3 is 5.32 Å². The van der Waals surface area contributed by atoms with Gasteiger partial charge in [0.15, 0.2) is 0 Å². The molecule has 40 heavy (non-hydrogen) atoms. The van der Waals surface area contributed by atoms with Gasteiger partial charge in [-0.2, -0.15) is 5.10 Å². The van der Waals surface area contributed by atoms with Crippen LogP contribution in [-0.2, 0) is 21.5 Å². The first kappa shape index (κ1) is 27.9. The molecular weight excluding hydrogens is 549 g/mol. The average molecular weight is 578 g/mol. The number of hydrogen-bond acceptors (Lipinski definition) is 5. The first-order chi connectivity index (χ1) is 19.1. The van der Waals surface area contributed by atoms with Crippen LogP contribution in [0.1, 0.15) is 48.4 Å². The van der Waals surface area contributed by atoms with E-state index in [1.54, 1.807) is 53.5 Å². The fraction of sp³-hybridized carbons (Fsp3) is 0.267. The third-order valence-corrected chi connectivity index (χ3v) is 8.05. The number of fused-ring (bicyclic) bond motifs is 1. The number of benzene rings is 2. The average Bonchev–Trinajstić information content (AvgIpc) is 3.27. The lowest BCUT2D eigenvalue weighted by Gasteiger charge is -2.24. The van der Waals surface area contributed by atoms with Crippen LogP contribution in [0.4, 0.5) is 10.2 Å². The largest absolute Gasteiger partial charge is 0.350 e. The molecule has 0 aliphatic carbocycles. The van der Waals surface area contributed by atoms with E-state index in [1.807, 2.05) is 39.0 Å². The molecule has 1 aliphatic rings. The Hall–Kier alpha value is -3.69. The van der Waals surface area contributed by atoms with Crippen molar-refractivity contribution in [1.82, 2.24) is 20.1 Å². The zero-order valence-corrected chi connectivity index (χ0v) is 24.0. The molecule has 4 aromatic rings. The Bertz CT molecular complexity index is 1550. The minimum absolute atomic E-state index is 0.0600. The van der Waals surface area contributed by atoms with Gasteiger partial charge in [-0.1, -0.05) is 56.6 Å². The number of rotatable bonds is 6. The van der Waals surface area contributed by atoms with E-state index in [1.165, 1.54) is 22.7 Å². The molecule has 1 N–H and O–H groups in total. The molecule has 2 amide bonds. The lowest BCUT2D eigenvalue weighted by atomic mass is 9.87. The fourth-order valence-electron chi connectivity index (χ4n) is 4.70. The molecule has 10 heteroatoms. The van der Waals surface area contributed by atoms with Crippen molar-refractivity contribution in [3.8, 4) is 5.69 Å². The van der Waals surface area contributed by atoms with Crippen LogP contribution in [0.3, 0.4) is 0 Å². The van der Waals surface area contributed by atoms with E-state index in [0.29, 0.717) is 39.9 Å². The van der Waals surface area contributed by atoms with Crippen LogP contribution in [0.2, 0.25) is 5.02 Å². The summed E-state index contributed by atoms with van der Waals surface area (Å²) in [5, 5.41) is 7.87. The van der Waals surface area contributed by atoms with E-state index in [4.69, 9.17) is 16.7 Å². The van der Waals surface area contributed by atoms with Gasteiger partial charge >= 0.3 is 0 Å². The van der Waals surface area contributed by atoms with Crippen LogP contribution in [0.5, 0.6) is 0 Å². The third-order valence-electron chi connectivity index (χ3n) is 6.58. The number of halogens is 2. The Labute approximate surface area is 241 Å². The summed E-state index contributed by atoms with van der Waals surface area (Å²) in [5.74, 6) is -0.467. The van der Waals surface area contributed by atoms with Crippen LogP contribution in [0.15, 0.2) is 73.1 Å². The first-order valence-electron chi connectivity index (χ1n) is 12.8. The Balaban J connectivity index is 1.67. The van der Waals surface area contributed by atoms with Gasteiger partial charge in [-0.3, -0.25) is 19.5 Å². The van der Waals surface area contributed by atoms with Gasteiger partial charge in [0, 0.05) is 40.5 Å². The lowest BCUT2D eigenvalue weighted by Crippen LogP contribution is -2.42. The van der Waals surface area contributed by atoms with Gasteiger partial charge in [0.1, 0.15) is 18.2 Å². The second-order valence-corrected chi connectivity index (χ2v) is 12.1. The highest BCUT2D eigenvalue weighted by Crippen LogP contribution is 2.48. The molecule has 1 atom stereocenters. The third kappa shape index (κ3) is 5.76. The normalized spacial score (nSPS) is 15.5. The molecule has 5 rings (SSSR count).